The van der Waals surface area contributed by atoms with E-state index in [1.54, 1.807) is 6.20 Å². The molecule has 2 aromatic rings. The first kappa shape index (κ1) is 15.3. The van der Waals surface area contributed by atoms with Gasteiger partial charge in [-0.3, -0.25) is 0 Å². The largest absolute Gasteiger partial charge is 0.372 e. The number of morpholine rings is 1. The second-order valence-corrected chi connectivity index (χ2v) is 6.27. The molecule has 4 nitrogen and oxygen atoms in total. The van der Waals surface area contributed by atoms with Crippen LogP contribution in [0.3, 0.4) is 0 Å². The lowest BCUT2D eigenvalue weighted by atomic mass is 9.95. The molecular weight excluding hydrogens is 298 g/mol. The Morgan fingerprint density at radius 2 is 2.09 bits per heavy atom. The summed E-state index contributed by atoms with van der Waals surface area (Å²) < 4.78 is 5.91. The minimum atomic E-state index is -0.120. The Hall–Kier alpha value is -1.62. The Labute approximate surface area is 135 Å². The van der Waals surface area contributed by atoms with Gasteiger partial charge in [0.15, 0.2) is 0 Å². The molecule has 1 fully saturated rings. The van der Waals surface area contributed by atoms with Crippen LogP contribution in [0, 0.1) is 0 Å². The summed E-state index contributed by atoms with van der Waals surface area (Å²) in [6, 6.07) is 12.1. The van der Waals surface area contributed by atoms with Crippen molar-refractivity contribution >= 4 is 23.1 Å². The topological polar surface area (TPSA) is 46.2 Å². The SMILES string of the molecule is C[C@@]1(Cc2ccc(Nc3ccc(Cl)cn3)cc2)CNCCO1. The zero-order chi connectivity index (χ0) is 15.4. The molecule has 5 heteroatoms. The lowest BCUT2D eigenvalue weighted by Gasteiger charge is -2.34. The number of ether oxygens (including phenoxy) is 1. The normalized spacial score (nSPS) is 21.5. The average Bonchev–Trinajstić information content (AvgIpc) is 2.52. The van der Waals surface area contributed by atoms with Crippen LogP contribution in [-0.2, 0) is 11.2 Å². The number of anilines is 2. The number of nitrogens with zero attached hydrogens (tertiary/aromatic N) is 1. The van der Waals surface area contributed by atoms with E-state index in [2.05, 4.69) is 46.8 Å². The maximum atomic E-state index is 5.91. The molecule has 3 rings (SSSR count). The molecule has 2 N–H and O–H groups in total. The Morgan fingerprint density at radius 1 is 1.27 bits per heavy atom. The maximum Gasteiger partial charge on any atom is 0.130 e. The second-order valence-electron chi connectivity index (χ2n) is 5.84. The van der Waals surface area contributed by atoms with Gasteiger partial charge in [-0.2, -0.15) is 0 Å². The van der Waals surface area contributed by atoms with Crippen LogP contribution in [0.4, 0.5) is 11.5 Å². The second kappa shape index (κ2) is 6.65. The first-order valence-electron chi connectivity index (χ1n) is 7.45. The van der Waals surface area contributed by atoms with E-state index in [-0.39, 0.29) is 5.60 Å². The molecule has 116 valence electrons. The van der Waals surface area contributed by atoms with Gasteiger partial charge in [0.1, 0.15) is 5.82 Å². The van der Waals surface area contributed by atoms with Gasteiger partial charge in [0.25, 0.3) is 0 Å². The summed E-state index contributed by atoms with van der Waals surface area (Å²) in [6.07, 6.45) is 2.53. The zero-order valence-electron chi connectivity index (χ0n) is 12.6. The van der Waals surface area contributed by atoms with Crippen LogP contribution in [0.5, 0.6) is 0 Å². The van der Waals surface area contributed by atoms with Crippen LogP contribution in [0.15, 0.2) is 42.6 Å². The summed E-state index contributed by atoms with van der Waals surface area (Å²) in [4.78, 5) is 4.23. The van der Waals surface area contributed by atoms with Crippen LogP contribution in [0.1, 0.15) is 12.5 Å². The number of benzene rings is 1. The van der Waals surface area contributed by atoms with Gasteiger partial charge in [-0.1, -0.05) is 23.7 Å². The lowest BCUT2D eigenvalue weighted by molar-refractivity contribution is -0.0516. The third kappa shape index (κ3) is 3.97. The van der Waals surface area contributed by atoms with Crippen molar-refractivity contribution in [3.63, 3.8) is 0 Å². The Bertz CT molecular complexity index is 607. The fourth-order valence-corrected chi connectivity index (χ4v) is 2.73. The summed E-state index contributed by atoms with van der Waals surface area (Å²) in [6.45, 7) is 4.76. The predicted octanol–water partition coefficient (Wildman–Crippen LogP) is 3.40. The standard InChI is InChI=1S/C17H20ClN3O/c1-17(12-19-8-9-22-17)10-13-2-5-15(6-3-13)21-16-7-4-14(18)11-20-16/h2-7,11,19H,8-10,12H2,1H3,(H,20,21)/t17-/m1/s1. The van der Waals surface area contributed by atoms with Gasteiger partial charge in [-0.05, 0) is 36.8 Å². The van der Waals surface area contributed by atoms with Crippen LogP contribution >= 0.6 is 11.6 Å². The fraction of sp³-hybridized carbons (Fsp3) is 0.353. The molecule has 1 aromatic heterocycles. The lowest BCUT2D eigenvalue weighted by Crippen LogP contribution is -2.48. The average molecular weight is 318 g/mol. The number of rotatable bonds is 4. The molecule has 0 aliphatic carbocycles. The smallest absolute Gasteiger partial charge is 0.130 e. The van der Waals surface area contributed by atoms with E-state index in [0.29, 0.717) is 5.02 Å². The van der Waals surface area contributed by atoms with Gasteiger partial charge < -0.3 is 15.4 Å². The van der Waals surface area contributed by atoms with E-state index in [9.17, 15) is 0 Å². The third-order valence-electron chi connectivity index (χ3n) is 3.76. The van der Waals surface area contributed by atoms with Crippen LogP contribution in [-0.4, -0.2) is 30.3 Å². The zero-order valence-corrected chi connectivity index (χ0v) is 13.4. The minimum Gasteiger partial charge on any atom is -0.372 e. The number of hydrogen-bond donors (Lipinski definition) is 2. The number of halogens is 1. The number of nitrogens with one attached hydrogen (secondary N) is 2. The van der Waals surface area contributed by atoms with Crippen LogP contribution in [0.2, 0.25) is 5.02 Å². The summed E-state index contributed by atoms with van der Waals surface area (Å²) >= 11 is 5.83. The van der Waals surface area contributed by atoms with Crippen molar-refractivity contribution in [3.8, 4) is 0 Å². The van der Waals surface area contributed by atoms with Crippen LogP contribution in [0.25, 0.3) is 0 Å². The van der Waals surface area contributed by atoms with Gasteiger partial charge in [-0.15, -0.1) is 0 Å². The highest BCUT2D eigenvalue weighted by Crippen LogP contribution is 2.22. The molecule has 0 bridgehead atoms. The van der Waals surface area contributed by atoms with E-state index < -0.39 is 0 Å². The molecule has 0 radical (unpaired) electrons. The molecule has 1 aliphatic rings. The summed E-state index contributed by atoms with van der Waals surface area (Å²) in [7, 11) is 0. The van der Waals surface area contributed by atoms with E-state index in [1.165, 1.54) is 5.56 Å². The van der Waals surface area contributed by atoms with Gasteiger partial charge >= 0.3 is 0 Å². The highest BCUT2D eigenvalue weighted by Gasteiger charge is 2.27. The molecule has 1 saturated heterocycles. The summed E-state index contributed by atoms with van der Waals surface area (Å²) in [5.41, 5.74) is 2.15. The molecule has 22 heavy (non-hydrogen) atoms. The van der Waals surface area contributed by atoms with Gasteiger partial charge in [0.2, 0.25) is 0 Å². The molecule has 1 atom stereocenters. The van der Waals surface area contributed by atoms with Crippen molar-refractivity contribution in [2.24, 2.45) is 0 Å². The monoisotopic (exact) mass is 317 g/mol. The van der Waals surface area contributed by atoms with Crippen molar-refractivity contribution in [2.45, 2.75) is 18.9 Å². The van der Waals surface area contributed by atoms with E-state index in [0.717, 1.165) is 37.6 Å². The molecule has 0 saturated carbocycles. The number of hydrogen-bond acceptors (Lipinski definition) is 4. The molecule has 1 aromatic carbocycles. The predicted molar refractivity (Wildman–Crippen MR) is 89.9 cm³/mol. The Balaban J connectivity index is 1.63. The van der Waals surface area contributed by atoms with E-state index >= 15 is 0 Å². The highest BCUT2D eigenvalue weighted by molar-refractivity contribution is 6.30. The highest BCUT2D eigenvalue weighted by atomic mass is 35.5. The molecule has 0 amide bonds. The van der Waals surface area contributed by atoms with Crippen molar-refractivity contribution in [1.29, 1.82) is 0 Å². The molecule has 2 heterocycles. The first-order valence-corrected chi connectivity index (χ1v) is 7.83. The van der Waals surface area contributed by atoms with E-state index in [4.69, 9.17) is 16.3 Å². The molecule has 0 unspecified atom stereocenters. The third-order valence-corrected chi connectivity index (χ3v) is 3.98. The van der Waals surface area contributed by atoms with E-state index in [1.807, 2.05) is 12.1 Å². The fourth-order valence-electron chi connectivity index (χ4n) is 2.62. The minimum absolute atomic E-state index is 0.120. The van der Waals surface area contributed by atoms with Gasteiger partial charge in [0.05, 0.1) is 17.2 Å². The maximum absolute atomic E-state index is 5.91. The van der Waals surface area contributed by atoms with Gasteiger partial charge in [0, 0.05) is 31.4 Å². The summed E-state index contributed by atoms with van der Waals surface area (Å²) in [5.74, 6) is 0.781. The first-order chi connectivity index (χ1) is 10.6. The number of aromatic nitrogens is 1. The van der Waals surface area contributed by atoms with Crippen LogP contribution < -0.4 is 10.6 Å². The molecule has 1 aliphatic heterocycles. The van der Waals surface area contributed by atoms with Crippen molar-refractivity contribution < 1.29 is 4.74 Å². The van der Waals surface area contributed by atoms with Crippen molar-refractivity contribution in [2.75, 3.05) is 25.0 Å². The quantitative estimate of drug-likeness (QED) is 0.907. The van der Waals surface area contributed by atoms with Crippen molar-refractivity contribution in [1.82, 2.24) is 10.3 Å². The Kier molecular flexibility index (Phi) is 4.62. The van der Waals surface area contributed by atoms with Crippen molar-refractivity contribution in [3.05, 3.63) is 53.2 Å². The molecule has 0 spiro atoms. The number of pyridine rings is 1. The van der Waals surface area contributed by atoms with Gasteiger partial charge in [-0.25, -0.2) is 4.98 Å². The Morgan fingerprint density at radius 3 is 2.73 bits per heavy atom. The molecular formula is C17H20ClN3O. The summed E-state index contributed by atoms with van der Waals surface area (Å²) in [5, 5.41) is 7.28.